The third-order valence-corrected chi connectivity index (χ3v) is 3.08. The van der Waals surface area contributed by atoms with E-state index in [9.17, 15) is 9.59 Å². The number of carbonyl (C=O) groups excluding carboxylic acids is 1. The third-order valence-electron chi connectivity index (χ3n) is 3.08. The smallest absolute Gasteiger partial charge is 0.303 e. The molecule has 0 saturated carbocycles. The largest absolute Gasteiger partial charge is 0.481 e. The van der Waals surface area contributed by atoms with E-state index in [-0.39, 0.29) is 24.8 Å². The van der Waals surface area contributed by atoms with E-state index in [0.29, 0.717) is 12.2 Å². The lowest BCUT2D eigenvalue weighted by molar-refractivity contribution is -0.138. The Kier molecular flexibility index (Phi) is 5.24. The molecule has 0 fully saturated rings. The van der Waals surface area contributed by atoms with E-state index in [2.05, 4.69) is 15.6 Å². The van der Waals surface area contributed by atoms with Crippen LogP contribution < -0.4 is 5.32 Å². The molecular weight excluding hydrogens is 284 g/mol. The molecule has 0 saturated heterocycles. The van der Waals surface area contributed by atoms with E-state index in [1.165, 1.54) is 4.68 Å². The van der Waals surface area contributed by atoms with Crippen molar-refractivity contribution >= 4 is 11.9 Å². The zero-order chi connectivity index (χ0) is 15.9. The Morgan fingerprint density at radius 2 is 2.05 bits per heavy atom. The summed E-state index contributed by atoms with van der Waals surface area (Å²) in [6, 6.07) is 9.57. The molecule has 116 valence electrons. The lowest BCUT2D eigenvalue weighted by atomic mass is 10.1. The summed E-state index contributed by atoms with van der Waals surface area (Å²) in [7, 11) is 0. The van der Waals surface area contributed by atoms with Crippen molar-refractivity contribution in [2.75, 3.05) is 6.54 Å². The van der Waals surface area contributed by atoms with Crippen molar-refractivity contribution in [3.8, 4) is 11.3 Å². The molecule has 22 heavy (non-hydrogen) atoms. The van der Waals surface area contributed by atoms with Gasteiger partial charge >= 0.3 is 5.97 Å². The molecule has 7 nitrogen and oxygen atoms in total. The fourth-order valence-corrected chi connectivity index (χ4v) is 1.98. The molecule has 2 rings (SSSR count). The summed E-state index contributed by atoms with van der Waals surface area (Å²) in [6.07, 6.45) is 1.73. The molecule has 1 atom stereocenters. The highest BCUT2D eigenvalue weighted by atomic mass is 16.4. The Bertz CT molecular complexity index is 639. The normalized spacial score (nSPS) is 11.9. The summed E-state index contributed by atoms with van der Waals surface area (Å²) >= 11 is 0. The molecule has 0 radical (unpaired) electrons. The number of rotatable bonds is 7. The number of aromatic nitrogens is 3. The maximum atomic E-state index is 11.8. The maximum Gasteiger partial charge on any atom is 0.303 e. The van der Waals surface area contributed by atoms with Crippen molar-refractivity contribution in [2.24, 2.45) is 5.92 Å². The number of hydrogen-bond acceptors (Lipinski definition) is 4. The van der Waals surface area contributed by atoms with Crippen molar-refractivity contribution in [3.05, 3.63) is 36.5 Å². The Hall–Kier alpha value is -2.70. The lowest BCUT2D eigenvalue weighted by Gasteiger charge is -2.10. The van der Waals surface area contributed by atoms with E-state index in [0.717, 1.165) is 5.56 Å². The number of nitrogens with zero attached hydrogens (tertiary/aromatic N) is 3. The molecule has 0 aliphatic carbocycles. The van der Waals surface area contributed by atoms with E-state index < -0.39 is 5.97 Å². The molecule has 2 N–H and O–H groups in total. The monoisotopic (exact) mass is 302 g/mol. The Labute approximate surface area is 128 Å². The molecule has 1 amide bonds. The predicted molar refractivity (Wildman–Crippen MR) is 79.9 cm³/mol. The van der Waals surface area contributed by atoms with Crippen molar-refractivity contribution in [3.63, 3.8) is 0 Å². The number of aliphatic carboxylic acids is 1. The van der Waals surface area contributed by atoms with Gasteiger partial charge in [0.1, 0.15) is 12.2 Å². The van der Waals surface area contributed by atoms with Gasteiger partial charge in [0.25, 0.3) is 0 Å². The standard InChI is InChI=1S/C15H18N4O3/c1-11(7-15(21)22)8-16-14(20)10-19-9-13(17-18-19)12-5-3-2-4-6-12/h2-6,9,11H,7-8,10H2,1H3,(H,16,20)(H,21,22). The summed E-state index contributed by atoms with van der Waals surface area (Å²) < 4.78 is 1.46. The number of carboxylic acid groups (broad SMARTS) is 1. The van der Waals surface area contributed by atoms with Crippen molar-refractivity contribution in [2.45, 2.75) is 19.9 Å². The van der Waals surface area contributed by atoms with E-state index in [1.54, 1.807) is 13.1 Å². The van der Waals surface area contributed by atoms with Gasteiger partial charge in [0.15, 0.2) is 0 Å². The van der Waals surface area contributed by atoms with Crippen LogP contribution in [0.4, 0.5) is 0 Å². The van der Waals surface area contributed by atoms with Crippen LogP contribution in [0.1, 0.15) is 13.3 Å². The maximum absolute atomic E-state index is 11.8. The molecular formula is C15H18N4O3. The highest BCUT2D eigenvalue weighted by Crippen LogP contribution is 2.14. The van der Waals surface area contributed by atoms with E-state index in [4.69, 9.17) is 5.11 Å². The fourth-order valence-electron chi connectivity index (χ4n) is 1.98. The SMILES string of the molecule is CC(CNC(=O)Cn1cc(-c2ccccc2)nn1)CC(=O)O. The molecule has 0 bridgehead atoms. The first kappa shape index (κ1) is 15.7. The summed E-state index contributed by atoms with van der Waals surface area (Å²) in [5.41, 5.74) is 1.64. The predicted octanol–water partition coefficient (Wildman–Crippen LogP) is 1.17. The first-order valence-corrected chi connectivity index (χ1v) is 6.98. The van der Waals surface area contributed by atoms with Crippen molar-refractivity contribution in [1.29, 1.82) is 0 Å². The average molecular weight is 302 g/mol. The minimum Gasteiger partial charge on any atom is -0.481 e. The summed E-state index contributed by atoms with van der Waals surface area (Å²) in [5, 5.41) is 19.3. The molecule has 0 aliphatic heterocycles. The van der Waals surface area contributed by atoms with Crippen LogP contribution in [0.5, 0.6) is 0 Å². The molecule has 0 aliphatic rings. The number of nitrogens with one attached hydrogen (secondary N) is 1. The second-order valence-corrected chi connectivity index (χ2v) is 5.17. The van der Waals surface area contributed by atoms with Crippen LogP contribution in [-0.2, 0) is 16.1 Å². The molecule has 1 heterocycles. The Morgan fingerprint density at radius 1 is 1.32 bits per heavy atom. The van der Waals surface area contributed by atoms with E-state index >= 15 is 0 Å². The van der Waals surface area contributed by atoms with Crippen LogP contribution >= 0.6 is 0 Å². The van der Waals surface area contributed by atoms with Gasteiger partial charge in [0, 0.05) is 18.5 Å². The van der Waals surface area contributed by atoms with Gasteiger partial charge in [-0.15, -0.1) is 5.10 Å². The first-order chi connectivity index (χ1) is 10.5. The van der Waals surface area contributed by atoms with Gasteiger partial charge in [-0.05, 0) is 5.92 Å². The second kappa shape index (κ2) is 7.35. The zero-order valence-electron chi connectivity index (χ0n) is 12.3. The van der Waals surface area contributed by atoms with Gasteiger partial charge in [0.2, 0.25) is 5.91 Å². The molecule has 1 aromatic heterocycles. The minimum absolute atomic E-state index is 0.0295. The van der Waals surface area contributed by atoms with Crippen LogP contribution in [-0.4, -0.2) is 38.5 Å². The zero-order valence-corrected chi connectivity index (χ0v) is 12.3. The topological polar surface area (TPSA) is 97.1 Å². The van der Waals surface area contributed by atoms with Crippen LogP contribution in [0, 0.1) is 5.92 Å². The highest BCUT2D eigenvalue weighted by molar-refractivity contribution is 5.75. The van der Waals surface area contributed by atoms with Crippen molar-refractivity contribution < 1.29 is 14.7 Å². The number of amides is 1. The second-order valence-electron chi connectivity index (χ2n) is 5.17. The van der Waals surface area contributed by atoms with Gasteiger partial charge in [-0.1, -0.05) is 42.5 Å². The number of carbonyl (C=O) groups is 2. The molecule has 7 heteroatoms. The van der Waals surface area contributed by atoms with Gasteiger partial charge in [-0.3, -0.25) is 9.59 Å². The Morgan fingerprint density at radius 3 is 2.73 bits per heavy atom. The van der Waals surface area contributed by atoms with Crippen LogP contribution in [0.25, 0.3) is 11.3 Å². The third kappa shape index (κ3) is 4.69. The quantitative estimate of drug-likeness (QED) is 0.800. The summed E-state index contributed by atoms with van der Waals surface area (Å²) in [5.74, 6) is -1.20. The van der Waals surface area contributed by atoms with Crippen molar-refractivity contribution in [1.82, 2.24) is 20.3 Å². The van der Waals surface area contributed by atoms with Crippen LogP contribution in [0.2, 0.25) is 0 Å². The highest BCUT2D eigenvalue weighted by Gasteiger charge is 2.11. The summed E-state index contributed by atoms with van der Waals surface area (Å²) in [4.78, 5) is 22.3. The molecule has 1 unspecified atom stereocenters. The van der Waals surface area contributed by atoms with E-state index in [1.807, 2.05) is 30.3 Å². The van der Waals surface area contributed by atoms with Gasteiger partial charge in [0.05, 0.1) is 6.20 Å². The lowest BCUT2D eigenvalue weighted by Crippen LogP contribution is -2.32. The molecule has 2 aromatic rings. The number of hydrogen-bond donors (Lipinski definition) is 2. The van der Waals surface area contributed by atoms with Crippen LogP contribution in [0.15, 0.2) is 36.5 Å². The van der Waals surface area contributed by atoms with Gasteiger partial charge < -0.3 is 10.4 Å². The number of carboxylic acids is 1. The number of benzene rings is 1. The minimum atomic E-state index is -0.870. The van der Waals surface area contributed by atoms with Crippen LogP contribution in [0.3, 0.4) is 0 Å². The fraction of sp³-hybridized carbons (Fsp3) is 0.333. The molecule has 0 spiro atoms. The first-order valence-electron chi connectivity index (χ1n) is 6.98. The van der Waals surface area contributed by atoms with Gasteiger partial charge in [-0.25, -0.2) is 4.68 Å². The summed E-state index contributed by atoms with van der Waals surface area (Å²) in [6.45, 7) is 2.16. The van der Waals surface area contributed by atoms with Gasteiger partial charge in [-0.2, -0.15) is 0 Å². The average Bonchev–Trinajstić information content (AvgIpc) is 2.94. The molecule has 1 aromatic carbocycles. The Balaban J connectivity index is 1.85.